The van der Waals surface area contributed by atoms with E-state index in [1.165, 1.54) is 34.4 Å². The van der Waals surface area contributed by atoms with E-state index in [-0.39, 0.29) is 0 Å². The summed E-state index contributed by atoms with van der Waals surface area (Å²) in [5.74, 6) is 0. The van der Waals surface area contributed by atoms with Crippen LogP contribution in [0.2, 0.25) is 0 Å². The normalized spacial score (nSPS) is 16.2. The zero-order chi connectivity index (χ0) is 17.1. The third-order valence-corrected chi connectivity index (χ3v) is 4.54. The molecular weight excluding hydrogens is 292 g/mol. The van der Waals surface area contributed by atoms with Crippen LogP contribution >= 0.6 is 0 Å². The predicted octanol–water partition coefficient (Wildman–Crippen LogP) is 6.17. The first kappa shape index (κ1) is 16.5. The standard InChI is InChI=1S/C22H26N2/c1-15-9-11-19(17(3)13-15)23-21-7-5-6-8-22(21)24-20-12-10-16(2)14-18(20)4/h7,9-14,23H,5-6,8H2,1-4H3. The average molecular weight is 318 g/mol. The van der Waals surface area contributed by atoms with Crippen molar-refractivity contribution in [2.24, 2.45) is 4.99 Å². The van der Waals surface area contributed by atoms with Crippen LogP contribution in [0, 0.1) is 27.7 Å². The lowest BCUT2D eigenvalue weighted by atomic mass is 10.0. The van der Waals surface area contributed by atoms with Crippen LogP contribution in [-0.4, -0.2) is 5.71 Å². The summed E-state index contributed by atoms with van der Waals surface area (Å²) in [6, 6.07) is 13.0. The van der Waals surface area contributed by atoms with Crippen molar-refractivity contribution in [2.75, 3.05) is 5.32 Å². The zero-order valence-corrected chi connectivity index (χ0v) is 15.1. The molecule has 2 aromatic carbocycles. The number of hydrogen-bond donors (Lipinski definition) is 1. The van der Waals surface area contributed by atoms with Gasteiger partial charge in [0.05, 0.1) is 17.1 Å². The van der Waals surface area contributed by atoms with Gasteiger partial charge < -0.3 is 5.32 Å². The highest BCUT2D eigenvalue weighted by Crippen LogP contribution is 2.26. The summed E-state index contributed by atoms with van der Waals surface area (Å²) in [5, 5.41) is 3.61. The largest absolute Gasteiger partial charge is 0.354 e. The fourth-order valence-electron chi connectivity index (χ4n) is 3.18. The highest BCUT2D eigenvalue weighted by molar-refractivity contribution is 6.04. The molecule has 0 amide bonds. The minimum absolute atomic E-state index is 1.02. The molecule has 0 atom stereocenters. The van der Waals surface area contributed by atoms with E-state index in [2.05, 4.69) is 75.5 Å². The van der Waals surface area contributed by atoms with E-state index >= 15 is 0 Å². The van der Waals surface area contributed by atoms with Crippen LogP contribution in [0.1, 0.15) is 41.5 Å². The lowest BCUT2D eigenvalue weighted by Crippen LogP contribution is -2.15. The highest BCUT2D eigenvalue weighted by atomic mass is 14.9. The Morgan fingerprint density at radius 3 is 2.29 bits per heavy atom. The smallest absolute Gasteiger partial charge is 0.0663 e. The fraction of sp³-hybridized carbons (Fsp3) is 0.318. The molecule has 1 aliphatic carbocycles. The van der Waals surface area contributed by atoms with Crippen molar-refractivity contribution in [1.29, 1.82) is 0 Å². The molecule has 0 aliphatic heterocycles. The number of nitrogens with zero attached hydrogens (tertiary/aromatic N) is 1. The molecule has 0 radical (unpaired) electrons. The number of nitrogens with one attached hydrogen (secondary N) is 1. The van der Waals surface area contributed by atoms with Gasteiger partial charge in [0.25, 0.3) is 0 Å². The number of anilines is 1. The molecule has 3 rings (SSSR count). The van der Waals surface area contributed by atoms with Gasteiger partial charge in [-0.15, -0.1) is 0 Å². The molecule has 0 bridgehead atoms. The molecule has 0 saturated heterocycles. The van der Waals surface area contributed by atoms with Gasteiger partial charge in [0.15, 0.2) is 0 Å². The molecule has 2 heteroatoms. The molecule has 124 valence electrons. The SMILES string of the molecule is Cc1ccc(N=C2CCCC=C2Nc2ccc(C)cc2C)c(C)c1. The predicted molar refractivity (Wildman–Crippen MR) is 104 cm³/mol. The number of benzene rings is 2. The lowest BCUT2D eigenvalue weighted by Gasteiger charge is -2.19. The first-order valence-electron chi connectivity index (χ1n) is 8.72. The second kappa shape index (κ2) is 7.04. The van der Waals surface area contributed by atoms with Gasteiger partial charge in [-0.05, 0) is 70.2 Å². The van der Waals surface area contributed by atoms with E-state index in [4.69, 9.17) is 4.99 Å². The van der Waals surface area contributed by atoms with Crippen molar-refractivity contribution in [1.82, 2.24) is 0 Å². The maximum atomic E-state index is 4.97. The molecule has 0 saturated carbocycles. The zero-order valence-electron chi connectivity index (χ0n) is 15.1. The highest BCUT2D eigenvalue weighted by Gasteiger charge is 2.13. The Labute approximate surface area is 145 Å². The van der Waals surface area contributed by atoms with Gasteiger partial charge >= 0.3 is 0 Å². The van der Waals surface area contributed by atoms with Crippen LogP contribution in [-0.2, 0) is 0 Å². The summed E-state index contributed by atoms with van der Waals surface area (Å²) < 4.78 is 0. The van der Waals surface area contributed by atoms with Crippen LogP contribution in [0.25, 0.3) is 0 Å². The monoisotopic (exact) mass is 318 g/mol. The average Bonchev–Trinajstić information content (AvgIpc) is 2.54. The number of aryl methyl sites for hydroxylation is 4. The molecule has 1 aliphatic rings. The number of rotatable bonds is 3. The van der Waals surface area contributed by atoms with Crippen LogP contribution in [0.15, 0.2) is 53.2 Å². The van der Waals surface area contributed by atoms with Crippen LogP contribution in [0.5, 0.6) is 0 Å². The third kappa shape index (κ3) is 3.76. The molecule has 24 heavy (non-hydrogen) atoms. The summed E-state index contributed by atoms with van der Waals surface area (Å²) in [5.41, 5.74) is 9.64. The summed E-state index contributed by atoms with van der Waals surface area (Å²) in [7, 11) is 0. The molecule has 1 N–H and O–H groups in total. The summed E-state index contributed by atoms with van der Waals surface area (Å²) in [6.45, 7) is 8.54. The van der Waals surface area contributed by atoms with Crippen molar-refractivity contribution in [3.8, 4) is 0 Å². The number of hydrogen-bond acceptors (Lipinski definition) is 2. The first-order valence-corrected chi connectivity index (χ1v) is 8.72. The van der Waals surface area contributed by atoms with E-state index in [0.717, 1.165) is 29.9 Å². The molecule has 0 spiro atoms. The van der Waals surface area contributed by atoms with Crippen molar-refractivity contribution in [2.45, 2.75) is 47.0 Å². The van der Waals surface area contributed by atoms with E-state index in [9.17, 15) is 0 Å². The maximum absolute atomic E-state index is 4.97. The maximum Gasteiger partial charge on any atom is 0.0663 e. The molecule has 2 aromatic rings. The van der Waals surface area contributed by atoms with Crippen LogP contribution in [0.3, 0.4) is 0 Å². The van der Waals surface area contributed by atoms with Crippen molar-refractivity contribution < 1.29 is 0 Å². The Morgan fingerprint density at radius 2 is 1.58 bits per heavy atom. The number of allylic oxidation sites excluding steroid dienone is 2. The lowest BCUT2D eigenvalue weighted by molar-refractivity contribution is 0.867. The summed E-state index contributed by atoms with van der Waals surface area (Å²) >= 11 is 0. The Hall–Kier alpha value is -2.35. The van der Waals surface area contributed by atoms with Crippen molar-refractivity contribution >= 4 is 17.1 Å². The second-order valence-electron chi connectivity index (χ2n) is 6.80. The van der Waals surface area contributed by atoms with Gasteiger partial charge in [-0.1, -0.05) is 41.5 Å². The topological polar surface area (TPSA) is 24.4 Å². The quantitative estimate of drug-likeness (QED) is 0.718. The van der Waals surface area contributed by atoms with Gasteiger partial charge in [-0.3, -0.25) is 4.99 Å². The summed E-state index contributed by atoms with van der Waals surface area (Å²) in [6.07, 6.45) is 5.59. The Kier molecular flexibility index (Phi) is 4.84. The molecule has 0 unspecified atom stereocenters. The first-order chi connectivity index (χ1) is 11.5. The van der Waals surface area contributed by atoms with Crippen LogP contribution < -0.4 is 5.32 Å². The molecular formula is C22H26N2. The van der Waals surface area contributed by atoms with Gasteiger partial charge in [-0.25, -0.2) is 0 Å². The van der Waals surface area contributed by atoms with E-state index in [0.29, 0.717) is 0 Å². The minimum atomic E-state index is 1.02. The van der Waals surface area contributed by atoms with E-state index < -0.39 is 0 Å². The molecule has 0 heterocycles. The van der Waals surface area contributed by atoms with Gasteiger partial charge in [-0.2, -0.15) is 0 Å². The molecule has 0 aromatic heterocycles. The van der Waals surface area contributed by atoms with Gasteiger partial charge in [0.2, 0.25) is 0 Å². The van der Waals surface area contributed by atoms with Crippen LogP contribution in [0.4, 0.5) is 11.4 Å². The second-order valence-corrected chi connectivity index (χ2v) is 6.80. The Balaban J connectivity index is 1.91. The third-order valence-electron chi connectivity index (χ3n) is 4.54. The van der Waals surface area contributed by atoms with Gasteiger partial charge in [0, 0.05) is 5.69 Å². The van der Waals surface area contributed by atoms with E-state index in [1.807, 2.05) is 0 Å². The summed E-state index contributed by atoms with van der Waals surface area (Å²) in [4.78, 5) is 4.97. The minimum Gasteiger partial charge on any atom is -0.354 e. The van der Waals surface area contributed by atoms with Gasteiger partial charge in [0.1, 0.15) is 0 Å². The van der Waals surface area contributed by atoms with Crippen molar-refractivity contribution in [3.63, 3.8) is 0 Å². The molecule has 2 nitrogen and oxygen atoms in total. The molecule has 0 fully saturated rings. The Bertz CT molecular complexity index is 813. The Morgan fingerprint density at radius 1 is 0.875 bits per heavy atom. The number of aliphatic imine (C=N–C) groups is 1. The van der Waals surface area contributed by atoms with E-state index in [1.54, 1.807) is 0 Å². The fourth-order valence-corrected chi connectivity index (χ4v) is 3.18. The van der Waals surface area contributed by atoms with Crippen molar-refractivity contribution in [3.05, 3.63) is 70.4 Å².